The lowest BCUT2D eigenvalue weighted by atomic mass is 9.90. The van der Waals surface area contributed by atoms with E-state index >= 15 is 0 Å². The number of halogens is 1. The molecule has 0 saturated carbocycles. The molecule has 19 heavy (non-hydrogen) atoms. The molecule has 0 aliphatic carbocycles. The Morgan fingerprint density at radius 3 is 2.79 bits per heavy atom. The van der Waals surface area contributed by atoms with Gasteiger partial charge in [-0.1, -0.05) is 12.1 Å². The fraction of sp³-hybridized carbons (Fsp3) is 0.500. The maximum absolute atomic E-state index is 13.1. The predicted molar refractivity (Wildman–Crippen MR) is 69.9 cm³/mol. The van der Waals surface area contributed by atoms with Crippen LogP contribution in [0.1, 0.15) is 31.4 Å². The molecule has 0 aromatic heterocycles. The maximum atomic E-state index is 13.1. The van der Waals surface area contributed by atoms with Crippen molar-refractivity contribution >= 4 is 5.91 Å². The lowest BCUT2D eigenvalue weighted by Gasteiger charge is -2.33. The van der Waals surface area contributed by atoms with Gasteiger partial charge in [0.2, 0.25) is 5.91 Å². The standard InChI is InChI=1S/C14H19FN2O2/c1-10(11-3-2-4-12(15)9-11)17-13(18)14(16)5-7-19-8-6-14/h2-4,9-10H,5-8,16H2,1H3,(H,17,18)/t10-/m1/s1. The van der Waals surface area contributed by atoms with Crippen LogP contribution in [0.5, 0.6) is 0 Å². The number of rotatable bonds is 3. The number of benzene rings is 1. The number of nitrogens with one attached hydrogen (secondary N) is 1. The van der Waals surface area contributed by atoms with Crippen LogP contribution in [0.15, 0.2) is 24.3 Å². The van der Waals surface area contributed by atoms with E-state index in [1.807, 2.05) is 6.92 Å². The van der Waals surface area contributed by atoms with Crippen molar-refractivity contribution < 1.29 is 13.9 Å². The zero-order chi connectivity index (χ0) is 13.9. The summed E-state index contributed by atoms with van der Waals surface area (Å²) in [5.74, 6) is -0.514. The van der Waals surface area contributed by atoms with E-state index < -0.39 is 5.54 Å². The first-order valence-corrected chi connectivity index (χ1v) is 6.44. The van der Waals surface area contributed by atoms with Gasteiger partial charge in [0, 0.05) is 13.2 Å². The number of ether oxygens (including phenoxy) is 1. The van der Waals surface area contributed by atoms with Crippen molar-refractivity contribution in [3.05, 3.63) is 35.6 Å². The number of carbonyl (C=O) groups is 1. The molecule has 104 valence electrons. The van der Waals surface area contributed by atoms with Gasteiger partial charge < -0.3 is 15.8 Å². The summed E-state index contributed by atoms with van der Waals surface area (Å²) in [5, 5.41) is 2.85. The second-order valence-electron chi connectivity index (χ2n) is 5.02. The molecule has 4 nitrogen and oxygen atoms in total. The molecule has 3 N–H and O–H groups in total. The van der Waals surface area contributed by atoms with Crippen molar-refractivity contribution in [2.24, 2.45) is 5.73 Å². The number of carbonyl (C=O) groups excluding carboxylic acids is 1. The van der Waals surface area contributed by atoms with Crippen LogP contribution < -0.4 is 11.1 Å². The van der Waals surface area contributed by atoms with Gasteiger partial charge in [-0.15, -0.1) is 0 Å². The van der Waals surface area contributed by atoms with Gasteiger partial charge in [0.1, 0.15) is 5.82 Å². The lowest BCUT2D eigenvalue weighted by molar-refractivity contribution is -0.130. The van der Waals surface area contributed by atoms with Crippen molar-refractivity contribution in [3.8, 4) is 0 Å². The molecule has 1 aromatic carbocycles. The highest BCUT2D eigenvalue weighted by Crippen LogP contribution is 2.20. The van der Waals surface area contributed by atoms with E-state index in [9.17, 15) is 9.18 Å². The van der Waals surface area contributed by atoms with Crippen LogP contribution in [0, 0.1) is 5.82 Å². The minimum Gasteiger partial charge on any atom is -0.381 e. The Labute approximate surface area is 112 Å². The van der Waals surface area contributed by atoms with E-state index in [-0.39, 0.29) is 17.8 Å². The van der Waals surface area contributed by atoms with Crippen LogP contribution in [0.25, 0.3) is 0 Å². The van der Waals surface area contributed by atoms with Crippen LogP contribution in [-0.2, 0) is 9.53 Å². The van der Waals surface area contributed by atoms with E-state index in [1.54, 1.807) is 12.1 Å². The van der Waals surface area contributed by atoms with Gasteiger partial charge in [0.05, 0.1) is 11.6 Å². The van der Waals surface area contributed by atoms with Crippen LogP contribution in [0.3, 0.4) is 0 Å². The summed E-state index contributed by atoms with van der Waals surface area (Å²) < 4.78 is 18.4. The molecule has 1 atom stereocenters. The molecule has 1 aliphatic heterocycles. The van der Waals surface area contributed by atoms with E-state index in [2.05, 4.69) is 5.32 Å². The Hall–Kier alpha value is -1.46. The Bertz CT molecular complexity index is 459. The van der Waals surface area contributed by atoms with Crippen LogP contribution in [0.2, 0.25) is 0 Å². The van der Waals surface area contributed by atoms with Gasteiger partial charge in [0.25, 0.3) is 0 Å². The fourth-order valence-electron chi connectivity index (χ4n) is 2.16. The zero-order valence-electron chi connectivity index (χ0n) is 11.0. The molecular weight excluding hydrogens is 247 g/mol. The van der Waals surface area contributed by atoms with Gasteiger partial charge in [-0.25, -0.2) is 4.39 Å². The van der Waals surface area contributed by atoms with E-state index in [1.165, 1.54) is 12.1 Å². The molecule has 1 saturated heterocycles. The SMILES string of the molecule is C[C@@H](NC(=O)C1(N)CCOCC1)c1cccc(F)c1. The highest BCUT2D eigenvalue weighted by Gasteiger charge is 2.36. The molecule has 0 radical (unpaired) electrons. The quantitative estimate of drug-likeness (QED) is 0.871. The fourth-order valence-corrected chi connectivity index (χ4v) is 2.16. The highest BCUT2D eigenvalue weighted by atomic mass is 19.1. The molecule has 0 unspecified atom stereocenters. The summed E-state index contributed by atoms with van der Waals surface area (Å²) in [4.78, 5) is 12.2. The normalized spacial score (nSPS) is 19.7. The monoisotopic (exact) mass is 266 g/mol. The largest absolute Gasteiger partial charge is 0.381 e. The average molecular weight is 266 g/mol. The van der Waals surface area contributed by atoms with Crippen LogP contribution >= 0.6 is 0 Å². The Balaban J connectivity index is 2.02. The minimum absolute atomic E-state index is 0.201. The van der Waals surface area contributed by atoms with Crippen molar-refractivity contribution in [1.82, 2.24) is 5.32 Å². The second kappa shape index (κ2) is 5.67. The number of amides is 1. The van der Waals surface area contributed by atoms with Gasteiger partial charge >= 0.3 is 0 Å². The molecule has 0 bridgehead atoms. The predicted octanol–water partition coefficient (Wildman–Crippen LogP) is 1.51. The second-order valence-corrected chi connectivity index (χ2v) is 5.02. The Morgan fingerprint density at radius 1 is 1.47 bits per heavy atom. The third-order valence-corrected chi connectivity index (χ3v) is 3.53. The number of nitrogens with two attached hydrogens (primary N) is 1. The molecule has 1 aliphatic rings. The highest BCUT2D eigenvalue weighted by molar-refractivity contribution is 5.86. The smallest absolute Gasteiger partial charge is 0.240 e. The molecule has 1 amide bonds. The van der Waals surface area contributed by atoms with Crippen molar-refractivity contribution in [2.45, 2.75) is 31.3 Å². The average Bonchev–Trinajstić information content (AvgIpc) is 2.39. The third kappa shape index (κ3) is 3.30. The summed E-state index contributed by atoms with van der Waals surface area (Å²) in [7, 11) is 0. The summed E-state index contributed by atoms with van der Waals surface area (Å²) in [6, 6.07) is 5.92. The van der Waals surface area contributed by atoms with E-state index in [4.69, 9.17) is 10.5 Å². The molecule has 1 aromatic rings. The van der Waals surface area contributed by atoms with E-state index in [0.717, 1.165) is 5.56 Å². The summed E-state index contributed by atoms with van der Waals surface area (Å²) in [5.41, 5.74) is 5.94. The van der Waals surface area contributed by atoms with Crippen LogP contribution in [-0.4, -0.2) is 24.7 Å². The maximum Gasteiger partial charge on any atom is 0.240 e. The topological polar surface area (TPSA) is 64.4 Å². The van der Waals surface area contributed by atoms with Gasteiger partial charge in [-0.05, 0) is 37.5 Å². The first-order valence-electron chi connectivity index (χ1n) is 6.44. The molecular formula is C14H19FN2O2. The molecule has 5 heteroatoms. The van der Waals surface area contributed by atoms with Crippen molar-refractivity contribution in [1.29, 1.82) is 0 Å². The number of hydrogen-bond donors (Lipinski definition) is 2. The van der Waals surface area contributed by atoms with Crippen molar-refractivity contribution in [2.75, 3.05) is 13.2 Å². The van der Waals surface area contributed by atoms with Crippen LogP contribution in [0.4, 0.5) is 4.39 Å². The number of hydrogen-bond acceptors (Lipinski definition) is 3. The van der Waals surface area contributed by atoms with Gasteiger partial charge in [-0.2, -0.15) is 0 Å². The molecule has 1 fully saturated rings. The first kappa shape index (κ1) is 14.0. The van der Waals surface area contributed by atoms with Gasteiger partial charge in [0.15, 0.2) is 0 Å². The summed E-state index contributed by atoms with van der Waals surface area (Å²) >= 11 is 0. The zero-order valence-corrected chi connectivity index (χ0v) is 11.0. The Kier molecular flexibility index (Phi) is 4.17. The minimum atomic E-state index is -0.875. The molecule has 2 rings (SSSR count). The molecule has 0 spiro atoms. The molecule has 1 heterocycles. The van der Waals surface area contributed by atoms with E-state index in [0.29, 0.717) is 26.1 Å². The Morgan fingerprint density at radius 2 is 2.16 bits per heavy atom. The summed E-state index contributed by atoms with van der Waals surface area (Å²) in [6.07, 6.45) is 1.02. The summed E-state index contributed by atoms with van der Waals surface area (Å²) in [6.45, 7) is 2.81. The van der Waals surface area contributed by atoms with Crippen molar-refractivity contribution in [3.63, 3.8) is 0 Å². The van der Waals surface area contributed by atoms with Gasteiger partial charge in [-0.3, -0.25) is 4.79 Å². The third-order valence-electron chi connectivity index (χ3n) is 3.53. The lowest BCUT2D eigenvalue weighted by Crippen LogP contribution is -2.57. The first-order chi connectivity index (χ1) is 9.01.